The van der Waals surface area contributed by atoms with E-state index in [0.717, 1.165) is 17.1 Å². The molecule has 0 radical (unpaired) electrons. The van der Waals surface area contributed by atoms with Gasteiger partial charge in [0.05, 0.1) is 6.20 Å². The zero-order chi connectivity index (χ0) is 13.2. The molecule has 0 unspecified atom stereocenters. The molecular weight excluding hydrogens is 342 g/mol. The molecule has 2 heterocycles. The molecule has 3 N–H and O–H groups in total. The monoisotopic (exact) mass is 351 g/mol. The van der Waals surface area contributed by atoms with E-state index >= 15 is 0 Å². The minimum absolute atomic E-state index is 0.0470. The lowest BCUT2D eigenvalue weighted by molar-refractivity contribution is 0.491. The highest BCUT2D eigenvalue weighted by Crippen LogP contribution is 2.21. The van der Waals surface area contributed by atoms with Crippen molar-refractivity contribution < 1.29 is 12.8 Å². The Bertz CT molecular complexity index is 635. The van der Waals surface area contributed by atoms with Crippen molar-refractivity contribution in [2.75, 3.05) is 11.9 Å². The smallest absolute Gasteiger partial charge is 0.249 e. The molecule has 98 valence electrons. The third kappa shape index (κ3) is 3.55. The lowest BCUT2D eigenvalue weighted by Gasteiger charge is -1.99. The van der Waals surface area contributed by atoms with Crippen molar-refractivity contribution in [3.05, 3.63) is 28.8 Å². The van der Waals surface area contributed by atoms with Crippen molar-refractivity contribution in [2.24, 2.45) is 5.14 Å². The van der Waals surface area contributed by atoms with Crippen LogP contribution in [0, 0.1) is 0 Å². The van der Waals surface area contributed by atoms with Crippen LogP contribution in [0.5, 0.6) is 0 Å². The maximum atomic E-state index is 11.0. The number of halogens is 1. The van der Waals surface area contributed by atoms with Crippen LogP contribution < -0.4 is 10.5 Å². The summed E-state index contributed by atoms with van der Waals surface area (Å²) in [5.74, 6) is 0.831. The molecule has 0 aliphatic heterocycles. The largest absolute Gasteiger partial charge is 0.454 e. The number of sulfonamides is 1. The maximum absolute atomic E-state index is 11.0. The molecule has 9 heteroatoms. The summed E-state index contributed by atoms with van der Waals surface area (Å²) in [5.41, 5.74) is 0. The van der Waals surface area contributed by atoms with E-state index in [-0.39, 0.29) is 4.21 Å². The Balaban J connectivity index is 1.89. The molecule has 2 aromatic rings. The average molecular weight is 352 g/mol. The lowest BCUT2D eigenvalue weighted by Crippen LogP contribution is -2.09. The highest BCUT2D eigenvalue weighted by Gasteiger charge is 2.12. The molecule has 0 amide bonds. The van der Waals surface area contributed by atoms with Gasteiger partial charge in [0.2, 0.25) is 10.0 Å². The first-order chi connectivity index (χ1) is 8.45. The maximum Gasteiger partial charge on any atom is 0.249 e. The molecule has 0 aliphatic rings. The zero-order valence-corrected chi connectivity index (χ0v) is 12.3. The van der Waals surface area contributed by atoms with Crippen LogP contribution in [-0.2, 0) is 16.4 Å². The lowest BCUT2D eigenvalue weighted by atomic mass is 10.3. The number of anilines is 1. The summed E-state index contributed by atoms with van der Waals surface area (Å²) in [6, 6.07) is 3.68. The van der Waals surface area contributed by atoms with Gasteiger partial charge in [-0.1, -0.05) is 11.3 Å². The summed E-state index contributed by atoms with van der Waals surface area (Å²) in [5, 5.41) is 8.51. The van der Waals surface area contributed by atoms with E-state index in [9.17, 15) is 8.42 Å². The molecule has 2 aromatic heterocycles. The molecule has 0 aliphatic carbocycles. The number of nitrogens with zero attached hydrogens (tertiary/aromatic N) is 1. The van der Waals surface area contributed by atoms with E-state index < -0.39 is 10.0 Å². The Labute approximate surface area is 116 Å². The van der Waals surface area contributed by atoms with Crippen LogP contribution in [0.3, 0.4) is 0 Å². The Kier molecular flexibility index (Phi) is 4.05. The van der Waals surface area contributed by atoms with Crippen LogP contribution in [0.25, 0.3) is 0 Å². The van der Waals surface area contributed by atoms with Crippen LogP contribution in [-0.4, -0.2) is 19.9 Å². The Morgan fingerprint density at radius 2 is 2.28 bits per heavy atom. The van der Waals surface area contributed by atoms with Crippen LogP contribution in [0.4, 0.5) is 5.13 Å². The number of rotatable bonds is 5. The van der Waals surface area contributed by atoms with Gasteiger partial charge < -0.3 is 9.73 Å². The molecule has 0 spiro atoms. The third-order valence-corrected chi connectivity index (χ3v) is 4.83. The molecule has 18 heavy (non-hydrogen) atoms. The molecule has 6 nitrogen and oxygen atoms in total. The van der Waals surface area contributed by atoms with Gasteiger partial charge in [0.25, 0.3) is 0 Å². The summed E-state index contributed by atoms with van der Waals surface area (Å²) >= 11 is 4.22. The van der Waals surface area contributed by atoms with E-state index in [1.807, 2.05) is 12.1 Å². The van der Waals surface area contributed by atoms with Crippen molar-refractivity contribution in [2.45, 2.75) is 10.6 Å². The second-order valence-electron chi connectivity index (χ2n) is 3.41. The summed E-state index contributed by atoms with van der Waals surface area (Å²) in [6.45, 7) is 0.595. The number of aromatic nitrogens is 1. The summed E-state index contributed by atoms with van der Waals surface area (Å²) in [4.78, 5) is 3.93. The molecule has 0 bridgehead atoms. The standard InChI is InChI=1S/C9H10BrN3O3S2/c10-7-2-1-6(16-7)3-4-12-9-13-5-8(17-9)18(11,14)15/h1-2,5H,3-4H2,(H,12,13)(H2,11,14,15). The number of hydrogen-bond donors (Lipinski definition) is 2. The predicted octanol–water partition coefficient (Wildman–Crippen LogP) is 1.80. The minimum Gasteiger partial charge on any atom is -0.454 e. The van der Waals surface area contributed by atoms with Gasteiger partial charge in [-0.05, 0) is 28.1 Å². The highest BCUT2D eigenvalue weighted by molar-refractivity contribution is 9.10. The molecular formula is C9H10BrN3O3S2. The minimum atomic E-state index is -3.66. The molecule has 2 rings (SSSR count). The van der Waals surface area contributed by atoms with Gasteiger partial charge in [0, 0.05) is 13.0 Å². The van der Waals surface area contributed by atoms with Gasteiger partial charge >= 0.3 is 0 Å². The fourth-order valence-electron chi connectivity index (χ4n) is 1.25. The summed E-state index contributed by atoms with van der Waals surface area (Å²) in [7, 11) is -3.66. The second kappa shape index (κ2) is 5.39. The summed E-state index contributed by atoms with van der Waals surface area (Å²) < 4.78 is 28.1. The SMILES string of the molecule is NS(=O)(=O)c1cnc(NCCc2ccc(Br)o2)s1. The predicted molar refractivity (Wildman–Crippen MR) is 72.1 cm³/mol. The zero-order valence-electron chi connectivity index (χ0n) is 9.09. The van der Waals surface area contributed by atoms with E-state index in [1.165, 1.54) is 6.20 Å². The molecule has 0 saturated heterocycles. The molecule has 0 atom stereocenters. The van der Waals surface area contributed by atoms with Crippen molar-refractivity contribution in [1.29, 1.82) is 0 Å². The van der Waals surface area contributed by atoms with E-state index in [0.29, 0.717) is 22.8 Å². The van der Waals surface area contributed by atoms with Crippen molar-refractivity contribution in [3.63, 3.8) is 0 Å². The van der Waals surface area contributed by atoms with Crippen LogP contribution in [0.1, 0.15) is 5.76 Å². The van der Waals surface area contributed by atoms with Gasteiger partial charge in [0.1, 0.15) is 5.76 Å². The van der Waals surface area contributed by atoms with Crippen molar-refractivity contribution in [3.8, 4) is 0 Å². The molecule has 0 aromatic carbocycles. The van der Waals surface area contributed by atoms with Crippen LogP contribution in [0.15, 0.2) is 31.6 Å². The highest BCUT2D eigenvalue weighted by atomic mass is 79.9. The van der Waals surface area contributed by atoms with Gasteiger partial charge in [-0.2, -0.15) is 0 Å². The number of thiazole rings is 1. The molecule has 0 fully saturated rings. The first-order valence-corrected chi connectivity index (χ1v) is 8.07. The fraction of sp³-hybridized carbons (Fsp3) is 0.222. The number of furan rings is 1. The van der Waals surface area contributed by atoms with Crippen molar-refractivity contribution >= 4 is 42.4 Å². The topological polar surface area (TPSA) is 98.2 Å². The van der Waals surface area contributed by atoms with E-state index in [2.05, 4.69) is 26.2 Å². The first-order valence-electron chi connectivity index (χ1n) is 4.92. The Hall–Kier alpha value is -0.900. The van der Waals surface area contributed by atoms with Gasteiger partial charge in [-0.25, -0.2) is 18.5 Å². The van der Waals surface area contributed by atoms with Gasteiger partial charge in [-0.15, -0.1) is 0 Å². The second-order valence-corrected chi connectivity index (χ2v) is 7.01. The normalized spacial score (nSPS) is 11.7. The van der Waals surface area contributed by atoms with E-state index in [1.54, 1.807) is 0 Å². The molecule has 0 saturated carbocycles. The number of nitrogens with one attached hydrogen (secondary N) is 1. The van der Waals surface area contributed by atoms with E-state index in [4.69, 9.17) is 9.56 Å². The van der Waals surface area contributed by atoms with Crippen LogP contribution in [0.2, 0.25) is 0 Å². The quantitative estimate of drug-likeness (QED) is 0.855. The van der Waals surface area contributed by atoms with Gasteiger partial charge in [0.15, 0.2) is 14.0 Å². The Morgan fingerprint density at radius 3 is 2.83 bits per heavy atom. The number of hydrogen-bond acceptors (Lipinski definition) is 6. The van der Waals surface area contributed by atoms with Crippen LogP contribution >= 0.6 is 27.3 Å². The average Bonchev–Trinajstić information content (AvgIpc) is 2.87. The first kappa shape index (κ1) is 13.5. The fourth-order valence-corrected chi connectivity index (χ4v) is 3.07. The number of nitrogens with two attached hydrogens (primary N) is 1. The Morgan fingerprint density at radius 1 is 1.50 bits per heavy atom. The summed E-state index contributed by atoms with van der Waals surface area (Å²) in [6.07, 6.45) is 1.92. The van der Waals surface area contributed by atoms with Gasteiger partial charge in [-0.3, -0.25) is 0 Å². The third-order valence-electron chi connectivity index (χ3n) is 2.04. The number of primary sulfonamides is 1. The van der Waals surface area contributed by atoms with Crippen molar-refractivity contribution in [1.82, 2.24) is 4.98 Å².